The number of benzene rings is 1. The molecule has 3 nitrogen and oxygen atoms in total. The molecule has 3 rings (SSSR count). The van der Waals surface area contributed by atoms with Crippen molar-refractivity contribution >= 4 is 29.1 Å². The molecule has 22 heavy (non-hydrogen) atoms. The molecule has 114 valence electrons. The molecule has 5 heteroatoms. The van der Waals surface area contributed by atoms with Crippen molar-refractivity contribution in [1.29, 1.82) is 0 Å². The molecule has 1 amide bonds. The maximum atomic E-state index is 12.6. The van der Waals surface area contributed by atoms with Crippen molar-refractivity contribution in [2.24, 2.45) is 0 Å². The zero-order valence-corrected chi connectivity index (χ0v) is 13.5. The lowest BCUT2D eigenvalue weighted by Crippen LogP contribution is -2.39. The molecule has 1 aliphatic rings. The van der Waals surface area contributed by atoms with Crippen LogP contribution in [0.5, 0.6) is 0 Å². The predicted octanol–water partition coefficient (Wildman–Crippen LogP) is 4.41. The molecule has 0 saturated carbocycles. The van der Waals surface area contributed by atoms with Crippen molar-refractivity contribution in [3.8, 4) is 0 Å². The second kappa shape index (κ2) is 6.67. The standard InChI is InChI=1S/C17H16Cl2N2O/c18-15-5-3-12(4-6-15)14-2-1-9-21(11-14)17(22)13-7-8-20-16(19)10-13/h3-8,10,14H,1-2,9,11H2/t14-/m1/s1. The lowest BCUT2D eigenvalue weighted by molar-refractivity contribution is 0.0707. The van der Waals surface area contributed by atoms with Gasteiger partial charge in [-0.15, -0.1) is 0 Å². The molecule has 0 bridgehead atoms. The summed E-state index contributed by atoms with van der Waals surface area (Å²) in [5.74, 6) is 0.371. The van der Waals surface area contributed by atoms with E-state index >= 15 is 0 Å². The van der Waals surface area contributed by atoms with Crippen molar-refractivity contribution in [3.05, 3.63) is 63.9 Å². The Balaban J connectivity index is 1.75. The van der Waals surface area contributed by atoms with Gasteiger partial charge in [-0.25, -0.2) is 4.98 Å². The Morgan fingerprint density at radius 3 is 2.68 bits per heavy atom. The largest absolute Gasteiger partial charge is 0.338 e. The fraction of sp³-hybridized carbons (Fsp3) is 0.294. The quantitative estimate of drug-likeness (QED) is 0.762. The molecule has 1 fully saturated rings. The van der Waals surface area contributed by atoms with E-state index in [-0.39, 0.29) is 5.91 Å². The smallest absolute Gasteiger partial charge is 0.254 e. The highest BCUT2D eigenvalue weighted by Crippen LogP contribution is 2.28. The van der Waals surface area contributed by atoms with E-state index in [0.29, 0.717) is 16.6 Å². The number of amides is 1. The summed E-state index contributed by atoms with van der Waals surface area (Å²) in [5, 5.41) is 1.08. The van der Waals surface area contributed by atoms with E-state index in [4.69, 9.17) is 23.2 Å². The van der Waals surface area contributed by atoms with Gasteiger partial charge in [0.05, 0.1) is 0 Å². The van der Waals surface area contributed by atoms with Crippen LogP contribution in [-0.4, -0.2) is 28.9 Å². The first-order valence-electron chi connectivity index (χ1n) is 7.30. The van der Waals surface area contributed by atoms with E-state index in [9.17, 15) is 4.79 Å². The van der Waals surface area contributed by atoms with E-state index in [1.54, 1.807) is 18.3 Å². The Morgan fingerprint density at radius 2 is 1.95 bits per heavy atom. The molecular formula is C17H16Cl2N2O. The number of pyridine rings is 1. The van der Waals surface area contributed by atoms with Crippen molar-refractivity contribution in [2.75, 3.05) is 13.1 Å². The van der Waals surface area contributed by atoms with Gasteiger partial charge in [-0.2, -0.15) is 0 Å². The minimum Gasteiger partial charge on any atom is -0.338 e. The minimum atomic E-state index is 0.0166. The third kappa shape index (κ3) is 3.42. The summed E-state index contributed by atoms with van der Waals surface area (Å²) in [7, 11) is 0. The Bertz CT molecular complexity index is 673. The second-order valence-corrected chi connectivity index (χ2v) is 6.33. The van der Waals surface area contributed by atoms with Crippen molar-refractivity contribution in [1.82, 2.24) is 9.88 Å². The third-order valence-corrected chi connectivity index (χ3v) is 4.48. The SMILES string of the molecule is O=C(c1ccnc(Cl)c1)N1CCC[C@@H](c2ccc(Cl)cc2)C1. The molecular weight excluding hydrogens is 319 g/mol. The average Bonchev–Trinajstić information content (AvgIpc) is 2.55. The first-order valence-corrected chi connectivity index (χ1v) is 8.05. The second-order valence-electron chi connectivity index (χ2n) is 5.51. The Kier molecular flexibility index (Phi) is 4.65. The summed E-state index contributed by atoms with van der Waals surface area (Å²) in [4.78, 5) is 18.4. The number of halogens is 2. The zero-order chi connectivity index (χ0) is 15.5. The lowest BCUT2D eigenvalue weighted by atomic mass is 9.90. The van der Waals surface area contributed by atoms with E-state index < -0.39 is 0 Å². The molecule has 1 atom stereocenters. The van der Waals surface area contributed by atoms with Gasteiger partial charge in [0.1, 0.15) is 5.15 Å². The van der Waals surface area contributed by atoms with E-state index in [1.165, 1.54) is 5.56 Å². The molecule has 1 aromatic carbocycles. The predicted molar refractivity (Wildman–Crippen MR) is 88.6 cm³/mol. The fourth-order valence-corrected chi connectivity index (χ4v) is 3.19. The molecule has 0 unspecified atom stereocenters. The Hall–Kier alpha value is -1.58. The maximum absolute atomic E-state index is 12.6. The molecule has 0 spiro atoms. The van der Waals surface area contributed by atoms with Gasteiger partial charge in [-0.1, -0.05) is 35.3 Å². The number of rotatable bonds is 2. The van der Waals surface area contributed by atoms with Crippen LogP contribution in [-0.2, 0) is 0 Å². The van der Waals surface area contributed by atoms with Crippen LogP contribution in [0.15, 0.2) is 42.6 Å². The van der Waals surface area contributed by atoms with Gasteiger partial charge in [-0.05, 0) is 42.7 Å². The molecule has 1 saturated heterocycles. The number of piperidine rings is 1. The Labute approximate surface area is 139 Å². The van der Waals surface area contributed by atoms with Crippen molar-refractivity contribution in [3.63, 3.8) is 0 Å². The summed E-state index contributed by atoms with van der Waals surface area (Å²) in [6, 6.07) is 11.2. The van der Waals surface area contributed by atoms with Crippen LogP contribution in [0.3, 0.4) is 0 Å². The fourth-order valence-electron chi connectivity index (χ4n) is 2.89. The number of carbonyl (C=O) groups is 1. The number of aromatic nitrogens is 1. The molecule has 0 aliphatic carbocycles. The van der Waals surface area contributed by atoms with Gasteiger partial charge in [-0.3, -0.25) is 4.79 Å². The van der Waals surface area contributed by atoms with Crippen LogP contribution in [0.2, 0.25) is 10.2 Å². The van der Waals surface area contributed by atoms with Crippen LogP contribution in [0, 0.1) is 0 Å². The van der Waals surface area contributed by atoms with Crippen LogP contribution in [0.1, 0.15) is 34.7 Å². The molecule has 2 aromatic rings. The van der Waals surface area contributed by atoms with Crippen LogP contribution in [0.4, 0.5) is 0 Å². The van der Waals surface area contributed by atoms with Gasteiger partial charge < -0.3 is 4.90 Å². The summed E-state index contributed by atoms with van der Waals surface area (Å²) in [6.07, 6.45) is 3.65. The summed E-state index contributed by atoms with van der Waals surface area (Å²) in [5.41, 5.74) is 1.83. The highest BCUT2D eigenvalue weighted by atomic mass is 35.5. The maximum Gasteiger partial charge on any atom is 0.254 e. The van der Waals surface area contributed by atoms with Crippen molar-refractivity contribution < 1.29 is 4.79 Å². The minimum absolute atomic E-state index is 0.0166. The summed E-state index contributed by atoms with van der Waals surface area (Å²) in [6.45, 7) is 1.50. The summed E-state index contributed by atoms with van der Waals surface area (Å²) < 4.78 is 0. The van der Waals surface area contributed by atoms with Gasteiger partial charge >= 0.3 is 0 Å². The zero-order valence-electron chi connectivity index (χ0n) is 12.0. The Morgan fingerprint density at radius 1 is 1.18 bits per heavy atom. The number of nitrogens with zero attached hydrogens (tertiary/aromatic N) is 2. The topological polar surface area (TPSA) is 33.2 Å². The van der Waals surface area contributed by atoms with Gasteiger partial charge in [0.2, 0.25) is 0 Å². The normalized spacial score (nSPS) is 18.3. The van der Waals surface area contributed by atoms with Crippen LogP contribution < -0.4 is 0 Å². The molecule has 0 radical (unpaired) electrons. The van der Waals surface area contributed by atoms with Crippen LogP contribution >= 0.6 is 23.2 Å². The molecule has 0 N–H and O–H groups in total. The number of hydrogen-bond acceptors (Lipinski definition) is 2. The highest BCUT2D eigenvalue weighted by molar-refractivity contribution is 6.30. The van der Waals surface area contributed by atoms with E-state index in [2.05, 4.69) is 4.98 Å². The third-order valence-electron chi connectivity index (χ3n) is 4.02. The number of likely N-dealkylation sites (tertiary alicyclic amines) is 1. The van der Waals surface area contributed by atoms with E-state index in [0.717, 1.165) is 31.0 Å². The van der Waals surface area contributed by atoms with Crippen LogP contribution in [0.25, 0.3) is 0 Å². The molecule has 1 aromatic heterocycles. The summed E-state index contributed by atoms with van der Waals surface area (Å²) >= 11 is 11.8. The first-order chi connectivity index (χ1) is 10.6. The lowest BCUT2D eigenvalue weighted by Gasteiger charge is -2.33. The molecule has 1 aliphatic heterocycles. The van der Waals surface area contributed by atoms with Gasteiger partial charge in [0, 0.05) is 35.8 Å². The first kappa shape index (κ1) is 15.3. The monoisotopic (exact) mass is 334 g/mol. The number of carbonyl (C=O) groups excluding carboxylic acids is 1. The average molecular weight is 335 g/mol. The van der Waals surface area contributed by atoms with Crippen molar-refractivity contribution in [2.45, 2.75) is 18.8 Å². The van der Waals surface area contributed by atoms with Gasteiger partial charge in [0.25, 0.3) is 5.91 Å². The molecule has 2 heterocycles. The van der Waals surface area contributed by atoms with Gasteiger partial charge in [0.15, 0.2) is 0 Å². The highest BCUT2D eigenvalue weighted by Gasteiger charge is 2.25. The number of hydrogen-bond donors (Lipinski definition) is 0. The van der Waals surface area contributed by atoms with E-state index in [1.807, 2.05) is 29.2 Å².